The van der Waals surface area contributed by atoms with Gasteiger partial charge < -0.3 is 10.2 Å². The summed E-state index contributed by atoms with van der Waals surface area (Å²) in [7, 11) is 2.11. The maximum Gasteiger partial charge on any atom is 0.224 e. The molecule has 1 amide bonds. The largest absolute Gasteiger partial charge is 0.326 e. The standard InChI is InChI=1S/C14H19BrN2O/c1-10-7-12(15)3-4-13(10)16-14(18)8-11-5-6-17(2)9-11/h3-4,7,11H,5-6,8-9H2,1-2H3,(H,16,18). The molecule has 1 atom stereocenters. The molecule has 1 heterocycles. The summed E-state index contributed by atoms with van der Waals surface area (Å²) in [5, 5.41) is 3.00. The number of amides is 1. The number of anilines is 1. The zero-order valence-electron chi connectivity index (χ0n) is 10.9. The Morgan fingerprint density at radius 2 is 2.33 bits per heavy atom. The lowest BCUT2D eigenvalue weighted by molar-refractivity contribution is -0.117. The number of hydrogen-bond acceptors (Lipinski definition) is 2. The quantitative estimate of drug-likeness (QED) is 0.930. The molecule has 1 aliphatic rings. The monoisotopic (exact) mass is 310 g/mol. The Balaban J connectivity index is 1.91. The molecular weight excluding hydrogens is 292 g/mol. The van der Waals surface area contributed by atoms with Gasteiger partial charge in [0.15, 0.2) is 0 Å². The Hall–Kier alpha value is -0.870. The predicted molar refractivity (Wildman–Crippen MR) is 77.7 cm³/mol. The van der Waals surface area contributed by atoms with Gasteiger partial charge in [0.2, 0.25) is 5.91 Å². The van der Waals surface area contributed by atoms with Crippen LogP contribution in [0.1, 0.15) is 18.4 Å². The maximum atomic E-state index is 12.0. The van der Waals surface area contributed by atoms with Gasteiger partial charge >= 0.3 is 0 Å². The van der Waals surface area contributed by atoms with Crippen molar-refractivity contribution < 1.29 is 4.79 Å². The average molecular weight is 311 g/mol. The summed E-state index contributed by atoms with van der Waals surface area (Å²) < 4.78 is 1.04. The number of aryl methyl sites for hydroxylation is 1. The highest BCUT2D eigenvalue weighted by Gasteiger charge is 2.22. The highest BCUT2D eigenvalue weighted by Crippen LogP contribution is 2.22. The van der Waals surface area contributed by atoms with E-state index in [-0.39, 0.29) is 5.91 Å². The summed E-state index contributed by atoms with van der Waals surface area (Å²) in [6, 6.07) is 5.91. The summed E-state index contributed by atoms with van der Waals surface area (Å²) in [4.78, 5) is 14.3. The van der Waals surface area contributed by atoms with E-state index in [1.54, 1.807) is 0 Å². The van der Waals surface area contributed by atoms with Gasteiger partial charge in [0.1, 0.15) is 0 Å². The number of nitrogens with one attached hydrogen (secondary N) is 1. The molecule has 0 saturated carbocycles. The van der Waals surface area contributed by atoms with E-state index in [1.165, 1.54) is 0 Å². The summed E-state index contributed by atoms with van der Waals surface area (Å²) in [6.45, 7) is 4.14. The predicted octanol–water partition coefficient (Wildman–Crippen LogP) is 3.04. The number of likely N-dealkylation sites (tertiary alicyclic amines) is 1. The first kappa shape index (κ1) is 13.6. The molecule has 0 aliphatic carbocycles. The number of halogens is 1. The zero-order chi connectivity index (χ0) is 13.1. The van der Waals surface area contributed by atoms with Crippen molar-refractivity contribution >= 4 is 27.5 Å². The summed E-state index contributed by atoms with van der Waals surface area (Å²) in [5.74, 6) is 0.631. The van der Waals surface area contributed by atoms with Crippen LogP contribution in [0.25, 0.3) is 0 Å². The first-order valence-corrected chi connectivity index (χ1v) is 7.08. The first-order valence-electron chi connectivity index (χ1n) is 6.29. The molecular formula is C14H19BrN2O. The molecule has 0 radical (unpaired) electrons. The van der Waals surface area contributed by atoms with Gasteiger partial charge in [-0.1, -0.05) is 15.9 Å². The molecule has 98 valence electrons. The van der Waals surface area contributed by atoms with Gasteiger partial charge in [-0.25, -0.2) is 0 Å². The highest BCUT2D eigenvalue weighted by atomic mass is 79.9. The van der Waals surface area contributed by atoms with Crippen molar-refractivity contribution in [3.8, 4) is 0 Å². The average Bonchev–Trinajstić information content (AvgIpc) is 2.68. The van der Waals surface area contributed by atoms with Crippen molar-refractivity contribution in [2.45, 2.75) is 19.8 Å². The van der Waals surface area contributed by atoms with E-state index >= 15 is 0 Å². The minimum absolute atomic E-state index is 0.126. The molecule has 1 unspecified atom stereocenters. The van der Waals surface area contributed by atoms with Crippen LogP contribution in [0, 0.1) is 12.8 Å². The maximum absolute atomic E-state index is 12.0. The van der Waals surface area contributed by atoms with Gasteiger partial charge in [-0.3, -0.25) is 4.79 Å². The number of benzene rings is 1. The molecule has 18 heavy (non-hydrogen) atoms. The summed E-state index contributed by atoms with van der Waals surface area (Å²) in [5.41, 5.74) is 2.00. The Bertz CT molecular complexity index is 447. The van der Waals surface area contributed by atoms with Crippen molar-refractivity contribution in [2.24, 2.45) is 5.92 Å². The highest BCUT2D eigenvalue weighted by molar-refractivity contribution is 9.10. The van der Waals surface area contributed by atoms with Crippen molar-refractivity contribution in [3.05, 3.63) is 28.2 Å². The van der Waals surface area contributed by atoms with Crippen molar-refractivity contribution in [1.29, 1.82) is 0 Å². The number of hydrogen-bond donors (Lipinski definition) is 1. The second-order valence-corrected chi connectivity index (χ2v) is 6.04. The molecule has 0 aromatic heterocycles. The fourth-order valence-electron chi connectivity index (χ4n) is 2.42. The van der Waals surface area contributed by atoms with Crippen LogP contribution in [0.4, 0.5) is 5.69 Å². The van der Waals surface area contributed by atoms with Gasteiger partial charge in [-0.15, -0.1) is 0 Å². The van der Waals surface area contributed by atoms with Gasteiger partial charge in [0.25, 0.3) is 0 Å². The molecule has 1 fully saturated rings. The van der Waals surface area contributed by atoms with E-state index in [1.807, 2.05) is 25.1 Å². The van der Waals surface area contributed by atoms with Crippen molar-refractivity contribution in [3.63, 3.8) is 0 Å². The Kier molecular flexibility index (Phi) is 4.40. The van der Waals surface area contributed by atoms with Crippen molar-refractivity contribution in [1.82, 2.24) is 4.90 Å². The van der Waals surface area contributed by atoms with Crippen molar-refractivity contribution in [2.75, 3.05) is 25.5 Å². The van der Waals surface area contributed by atoms with Crippen LogP contribution in [0.15, 0.2) is 22.7 Å². The Labute approximate surface area is 117 Å². The molecule has 1 aliphatic heterocycles. The molecule has 0 bridgehead atoms. The molecule has 1 aromatic rings. The summed E-state index contributed by atoms with van der Waals surface area (Å²) >= 11 is 3.42. The summed E-state index contributed by atoms with van der Waals surface area (Å²) in [6.07, 6.45) is 1.75. The zero-order valence-corrected chi connectivity index (χ0v) is 12.5. The fourth-order valence-corrected chi connectivity index (χ4v) is 2.90. The van der Waals surface area contributed by atoms with Crippen LogP contribution >= 0.6 is 15.9 Å². The lowest BCUT2D eigenvalue weighted by atomic mass is 10.0. The van der Waals surface area contributed by atoms with Crippen LogP contribution < -0.4 is 5.32 Å². The normalized spacial score (nSPS) is 20.1. The fraction of sp³-hybridized carbons (Fsp3) is 0.500. The second kappa shape index (κ2) is 5.85. The Morgan fingerprint density at radius 3 is 2.94 bits per heavy atom. The van der Waals surface area contributed by atoms with Gasteiger partial charge in [-0.2, -0.15) is 0 Å². The number of nitrogens with zero attached hydrogens (tertiary/aromatic N) is 1. The second-order valence-electron chi connectivity index (χ2n) is 5.13. The smallest absolute Gasteiger partial charge is 0.224 e. The van der Waals surface area contributed by atoms with E-state index in [2.05, 4.69) is 33.2 Å². The van der Waals surface area contributed by atoms with Gasteiger partial charge in [0.05, 0.1) is 0 Å². The minimum Gasteiger partial charge on any atom is -0.326 e. The van der Waals surface area contributed by atoms with Crippen LogP contribution in [-0.2, 0) is 4.79 Å². The first-order chi connectivity index (χ1) is 8.54. The van der Waals surface area contributed by atoms with Gasteiger partial charge in [-0.05, 0) is 56.6 Å². The molecule has 1 aromatic carbocycles. The number of carbonyl (C=O) groups is 1. The van der Waals surface area contributed by atoms with Gasteiger partial charge in [0, 0.05) is 23.1 Å². The third-order valence-corrected chi connectivity index (χ3v) is 3.92. The Morgan fingerprint density at radius 1 is 1.56 bits per heavy atom. The van der Waals surface area contributed by atoms with E-state index in [0.717, 1.165) is 35.2 Å². The number of carbonyl (C=O) groups excluding carboxylic acids is 1. The molecule has 1 N–H and O–H groups in total. The minimum atomic E-state index is 0.126. The molecule has 1 saturated heterocycles. The van der Waals surface area contributed by atoms with E-state index in [9.17, 15) is 4.79 Å². The SMILES string of the molecule is Cc1cc(Br)ccc1NC(=O)CC1CCN(C)C1. The van der Waals surface area contributed by atoms with Crippen LogP contribution in [0.3, 0.4) is 0 Å². The third-order valence-electron chi connectivity index (χ3n) is 3.43. The van der Waals surface area contributed by atoms with E-state index < -0.39 is 0 Å². The van der Waals surface area contributed by atoms with Crippen LogP contribution in [0.2, 0.25) is 0 Å². The third kappa shape index (κ3) is 3.56. The lowest BCUT2D eigenvalue weighted by Crippen LogP contribution is -2.19. The molecule has 4 heteroatoms. The van der Waals surface area contributed by atoms with Crippen LogP contribution in [-0.4, -0.2) is 30.9 Å². The van der Waals surface area contributed by atoms with E-state index in [4.69, 9.17) is 0 Å². The molecule has 3 nitrogen and oxygen atoms in total. The molecule has 0 spiro atoms. The topological polar surface area (TPSA) is 32.3 Å². The molecule has 2 rings (SSSR count). The van der Waals surface area contributed by atoms with Crippen LogP contribution in [0.5, 0.6) is 0 Å². The number of rotatable bonds is 3. The van der Waals surface area contributed by atoms with E-state index in [0.29, 0.717) is 12.3 Å². The lowest BCUT2D eigenvalue weighted by Gasteiger charge is -2.12.